The fraction of sp³-hybridized carbons (Fsp3) is 0.541. The van der Waals surface area contributed by atoms with E-state index in [0.29, 0.717) is 56.9 Å². The first-order valence-corrected chi connectivity index (χ1v) is 17.8. The molecule has 6 rings (SSSR count). The number of hydrogen-bond donors (Lipinski definition) is 7. The SMILES string of the molecule is CC[C@H](C)[C@@H]1NC(=O)C(NC[C@H](O)[C@@H]2Cc3ccc(cc3)OCCCCC(=O)N[C@@H](CC(N)=O)C(=O)N2)Cc2ccc(cc2)OCCCNC1=O. The molecule has 5 amide bonds. The highest BCUT2D eigenvalue weighted by Gasteiger charge is 2.32. The van der Waals surface area contributed by atoms with Crippen molar-refractivity contribution in [1.82, 2.24) is 26.6 Å². The molecule has 0 saturated carbocycles. The van der Waals surface area contributed by atoms with Crippen molar-refractivity contribution in [2.75, 3.05) is 26.3 Å². The number of primary amides is 1. The fourth-order valence-corrected chi connectivity index (χ4v) is 5.96. The first-order valence-electron chi connectivity index (χ1n) is 17.8. The van der Waals surface area contributed by atoms with Gasteiger partial charge >= 0.3 is 0 Å². The number of nitrogens with one attached hydrogen (secondary N) is 5. The number of fused-ring (bicyclic) bond motifs is 25. The van der Waals surface area contributed by atoms with Gasteiger partial charge in [0, 0.05) is 19.5 Å². The molecule has 0 radical (unpaired) electrons. The summed E-state index contributed by atoms with van der Waals surface area (Å²) in [7, 11) is 0. The predicted molar refractivity (Wildman–Crippen MR) is 190 cm³/mol. The quantitative estimate of drug-likeness (QED) is 0.205. The summed E-state index contributed by atoms with van der Waals surface area (Å²) in [6.07, 6.45) is 1.27. The summed E-state index contributed by atoms with van der Waals surface area (Å²) in [5, 5.41) is 26.0. The van der Waals surface area contributed by atoms with Crippen LogP contribution >= 0.6 is 0 Å². The van der Waals surface area contributed by atoms with Gasteiger partial charge in [-0.05, 0) is 73.4 Å². The topological polar surface area (TPSA) is 210 Å². The highest BCUT2D eigenvalue weighted by molar-refractivity contribution is 5.92. The van der Waals surface area contributed by atoms with Crippen molar-refractivity contribution >= 4 is 29.5 Å². The molecule has 1 unspecified atom stereocenters. The largest absolute Gasteiger partial charge is 0.494 e. The number of amides is 5. The Balaban J connectivity index is 1.58. The molecule has 14 nitrogen and oxygen atoms in total. The van der Waals surface area contributed by atoms with Crippen molar-refractivity contribution in [2.45, 2.75) is 95.5 Å². The van der Waals surface area contributed by atoms with Crippen molar-refractivity contribution < 1.29 is 38.6 Å². The molecule has 51 heavy (non-hydrogen) atoms. The first-order chi connectivity index (χ1) is 24.5. The minimum Gasteiger partial charge on any atom is -0.494 e. The van der Waals surface area contributed by atoms with Gasteiger partial charge in [0.1, 0.15) is 23.6 Å². The van der Waals surface area contributed by atoms with Gasteiger partial charge in [-0.15, -0.1) is 0 Å². The summed E-state index contributed by atoms with van der Waals surface area (Å²) in [6, 6.07) is 10.9. The monoisotopic (exact) mass is 708 g/mol. The molecule has 278 valence electrons. The van der Waals surface area contributed by atoms with Crippen LogP contribution in [0.25, 0.3) is 0 Å². The average Bonchev–Trinajstić information content (AvgIpc) is 3.11. The molecule has 0 saturated heterocycles. The number of rotatable bonds is 8. The lowest BCUT2D eigenvalue weighted by molar-refractivity contribution is -0.132. The van der Waals surface area contributed by atoms with Crippen molar-refractivity contribution in [3.05, 3.63) is 59.7 Å². The number of carbonyl (C=O) groups excluding carboxylic acids is 5. The van der Waals surface area contributed by atoms with Gasteiger partial charge in [0.05, 0.1) is 37.8 Å². The number of carbonyl (C=O) groups is 5. The number of hydrogen-bond acceptors (Lipinski definition) is 9. The Morgan fingerprint density at radius 2 is 1.49 bits per heavy atom. The van der Waals surface area contributed by atoms with Gasteiger partial charge in [-0.1, -0.05) is 44.5 Å². The van der Waals surface area contributed by atoms with Crippen molar-refractivity contribution in [3.8, 4) is 11.5 Å². The molecule has 0 fully saturated rings. The molecule has 4 aliphatic rings. The van der Waals surface area contributed by atoms with Crippen molar-refractivity contribution in [1.29, 1.82) is 0 Å². The minimum absolute atomic E-state index is 0.125. The Morgan fingerprint density at radius 1 is 0.863 bits per heavy atom. The van der Waals surface area contributed by atoms with Crippen LogP contribution in [0, 0.1) is 5.92 Å². The fourth-order valence-electron chi connectivity index (χ4n) is 5.96. The number of ether oxygens (including phenoxy) is 2. The van der Waals surface area contributed by atoms with Gasteiger partial charge in [0.25, 0.3) is 0 Å². The van der Waals surface area contributed by atoms with Gasteiger partial charge in [-0.25, -0.2) is 0 Å². The molecule has 0 spiro atoms. The number of benzene rings is 2. The van der Waals surface area contributed by atoms with E-state index < -0.39 is 60.3 Å². The zero-order valence-corrected chi connectivity index (χ0v) is 29.5. The molecule has 8 N–H and O–H groups in total. The summed E-state index contributed by atoms with van der Waals surface area (Å²) >= 11 is 0. The summed E-state index contributed by atoms with van der Waals surface area (Å²) in [5.74, 6) is -1.38. The van der Waals surface area contributed by atoms with E-state index in [1.54, 1.807) is 12.1 Å². The number of aliphatic hydroxyl groups is 1. The molecular formula is C37H52N6O8. The smallest absolute Gasteiger partial charge is 0.243 e. The lowest BCUT2D eigenvalue weighted by atomic mass is 9.96. The predicted octanol–water partition coefficient (Wildman–Crippen LogP) is 0.628. The normalized spacial score (nSPS) is 23.9. The molecule has 14 heteroatoms. The van der Waals surface area contributed by atoms with Gasteiger partial charge in [-0.2, -0.15) is 0 Å². The second kappa shape index (κ2) is 19.6. The highest BCUT2D eigenvalue weighted by Crippen LogP contribution is 2.18. The summed E-state index contributed by atoms with van der Waals surface area (Å²) in [4.78, 5) is 65.1. The van der Waals surface area contributed by atoms with Crippen LogP contribution in [0.2, 0.25) is 0 Å². The van der Waals surface area contributed by atoms with E-state index in [2.05, 4.69) is 26.6 Å². The molecule has 2 aromatic rings. The lowest BCUT2D eigenvalue weighted by Gasteiger charge is -2.30. The molecule has 4 aliphatic heterocycles. The zero-order valence-electron chi connectivity index (χ0n) is 29.5. The van der Waals surface area contributed by atoms with Crippen LogP contribution in [-0.2, 0) is 36.8 Å². The van der Waals surface area contributed by atoms with E-state index in [4.69, 9.17) is 15.2 Å². The molecule has 6 atom stereocenters. The maximum absolute atomic E-state index is 13.9. The van der Waals surface area contributed by atoms with Crippen LogP contribution in [0.15, 0.2) is 48.5 Å². The molecule has 0 aromatic heterocycles. The van der Waals surface area contributed by atoms with Gasteiger partial charge in [-0.3, -0.25) is 24.0 Å². The van der Waals surface area contributed by atoms with Crippen molar-refractivity contribution in [3.63, 3.8) is 0 Å². The maximum atomic E-state index is 13.9. The van der Waals surface area contributed by atoms with Crippen LogP contribution in [0.1, 0.15) is 63.5 Å². The molecule has 0 aliphatic carbocycles. The third-order valence-corrected chi connectivity index (χ3v) is 9.23. The standard InChI is InChI=1S/C37H52N6O8/c1-3-23(2)34-37(49)39-16-6-18-51-27-14-10-25(11-15-27)20-29(35(47)43-34)40-22-31(44)28-19-24-8-12-26(13-9-24)50-17-5-4-7-33(46)41-30(21-32(38)45)36(48)42-28/h8-15,23,28-31,34,40,44H,3-7,16-22H2,1-2H3,(H2,38,45)(H,39,49)(H,41,46)(H,42,48)(H,43,47)/t23-,28-,29?,30-,31-,34-/m0/s1. The van der Waals surface area contributed by atoms with Crippen LogP contribution in [0.5, 0.6) is 11.5 Å². The number of aliphatic hydroxyl groups excluding tert-OH is 1. The molecule has 4 bridgehead atoms. The van der Waals surface area contributed by atoms with Crippen LogP contribution in [-0.4, -0.2) is 91.2 Å². The van der Waals surface area contributed by atoms with Crippen LogP contribution < -0.4 is 41.8 Å². The van der Waals surface area contributed by atoms with E-state index in [1.165, 1.54) is 0 Å². The third kappa shape index (κ3) is 12.5. The Kier molecular flexibility index (Phi) is 15.1. The van der Waals surface area contributed by atoms with Gasteiger partial charge < -0.3 is 46.9 Å². The zero-order chi connectivity index (χ0) is 36.8. The molecule has 4 heterocycles. The van der Waals surface area contributed by atoms with E-state index in [9.17, 15) is 29.1 Å². The summed E-state index contributed by atoms with van der Waals surface area (Å²) < 4.78 is 11.6. The second-order valence-corrected chi connectivity index (χ2v) is 13.3. The highest BCUT2D eigenvalue weighted by atomic mass is 16.5. The van der Waals surface area contributed by atoms with Crippen LogP contribution in [0.3, 0.4) is 0 Å². The average molecular weight is 709 g/mol. The first kappa shape index (κ1) is 39.1. The maximum Gasteiger partial charge on any atom is 0.243 e. The summed E-state index contributed by atoms with van der Waals surface area (Å²) in [5.41, 5.74) is 7.03. The van der Waals surface area contributed by atoms with E-state index >= 15 is 0 Å². The Labute approximate surface area is 299 Å². The Hall–Kier alpha value is -4.69. The molecule has 2 aromatic carbocycles. The van der Waals surface area contributed by atoms with Crippen LogP contribution in [0.4, 0.5) is 0 Å². The Morgan fingerprint density at radius 3 is 2.12 bits per heavy atom. The third-order valence-electron chi connectivity index (χ3n) is 9.23. The van der Waals surface area contributed by atoms with E-state index in [1.807, 2.05) is 50.2 Å². The Bertz CT molecular complexity index is 1470. The number of nitrogens with two attached hydrogens (primary N) is 1. The second-order valence-electron chi connectivity index (χ2n) is 13.3. The minimum atomic E-state index is -1.24. The van der Waals surface area contributed by atoms with Crippen molar-refractivity contribution in [2.24, 2.45) is 11.7 Å². The molecular weight excluding hydrogens is 656 g/mol. The van der Waals surface area contributed by atoms with Gasteiger partial charge in [0.15, 0.2) is 0 Å². The lowest BCUT2D eigenvalue weighted by Crippen LogP contribution is -2.58. The van der Waals surface area contributed by atoms with E-state index in [-0.39, 0.29) is 37.6 Å². The van der Waals surface area contributed by atoms with Gasteiger partial charge in [0.2, 0.25) is 29.5 Å². The van der Waals surface area contributed by atoms with E-state index in [0.717, 1.165) is 11.1 Å². The summed E-state index contributed by atoms with van der Waals surface area (Å²) in [6.45, 7) is 4.94.